The van der Waals surface area contributed by atoms with Gasteiger partial charge in [0.1, 0.15) is 0 Å². The average Bonchev–Trinajstić information content (AvgIpc) is 3.22. The number of rotatable bonds is 5. The molecule has 0 aliphatic carbocycles. The molecule has 7 heteroatoms. The summed E-state index contributed by atoms with van der Waals surface area (Å²) in [5.41, 5.74) is 4.62. The molecule has 0 radical (unpaired) electrons. The number of hydrazine groups is 1. The molecule has 124 valence electrons. The van der Waals surface area contributed by atoms with Crippen LogP contribution in [0.25, 0.3) is 5.70 Å². The van der Waals surface area contributed by atoms with Crippen molar-refractivity contribution in [3.8, 4) is 0 Å². The monoisotopic (exact) mass is 390 g/mol. The van der Waals surface area contributed by atoms with E-state index in [-0.39, 0.29) is 24.8 Å². The summed E-state index contributed by atoms with van der Waals surface area (Å²) in [4.78, 5) is 23.2. The van der Waals surface area contributed by atoms with Gasteiger partial charge in [-0.25, -0.2) is 5.01 Å². The highest BCUT2D eigenvalue weighted by Gasteiger charge is 2.31. The Morgan fingerprint density at radius 1 is 1.21 bits per heavy atom. The number of hydrogen-bond donors (Lipinski definition) is 2. The number of nitrogens with one attached hydrogen (secondary N) is 1. The molecule has 1 aliphatic heterocycles. The molecule has 0 spiro atoms. The first kappa shape index (κ1) is 16.3. The molecule has 24 heavy (non-hydrogen) atoms. The second-order valence-corrected chi connectivity index (χ2v) is 6.24. The second-order valence-electron chi connectivity index (χ2n) is 5.32. The maximum absolute atomic E-state index is 12.4. The third-order valence-electron chi connectivity index (χ3n) is 3.66. The van der Waals surface area contributed by atoms with Crippen LogP contribution in [0.4, 0.5) is 0 Å². The molecule has 0 fully saturated rings. The normalized spacial score (nSPS) is 16.6. The van der Waals surface area contributed by atoms with E-state index < -0.39 is 5.97 Å². The number of nitrogens with zero attached hydrogens (tertiary/aromatic N) is 1. The predicted octanol–water partition coefficient (Wildman–Crippen LogP) is 3.34. The fraction of sp³-hybridized carbons (Fsp3) is 0.176. The van der Waals surface area contributed by atoms with Crippen molar-refractivity contribution in [2.75, 3.05) is 0 Å². The number of amides is 1. The number of halogens is 1. The third-order valence-corrected chi connectivity index (χ3v) is 4.19. The highest BCUT2D eigenvalue weighted by Crippen LogP contribution is 2.32. The van der Waals surface area contributed by atoms with Gasteiger partial charge in [0.15, 0.2) is 5.76 Å². The van der Waals surface area contributed by atoms with Gasteiger partial charge < -0.3 is 9.52 Å². The van der Waals surface area contributed by atoms with E-state index >= 15 is 0 Å². The standard InChI is InChI=1S/C17H15BrN2O4/c18-12-5-3-11(4-6-12)14-10-13(15-2-1-9-24-15)19-20(14)16(21)7-8-17(22)23/h1-6,9-10,14,19H,7-8H2,(H,22,23)/t14-/m0/s1. The second kappa shape index (κ2) is 6.92. The van der Waals surface area contributed by atoms with Gasteiger partial charge in [-0.2, -0.15) is 0 Å². The first-order valence-electron chi connectivity index (χ1n) is 7.36. The molecule has 0 saturated heterocycles. The summed E-state index contributed by atoms with van der Waals surface area (Å²) in [5, 5.41) is 10.2. The van der Waals surface area contributed by atoms with Crippen LogP contribution in [0.3, 0.4) is 0 Å². The molecule has 6 nitrogen and oxygen atoms in total. The molecule has 2 aromatic rings. The molecular weight excluding hydrogens is 376 g/mol. The van der Waals surface area contributed by atoms with Gasteiger partial charge in [0.05, 0.1) is 24.4 Å². The Hall–Kier alpha value is -2.54. The lowest BCUT2D eigenvalue weighted by molar-refractivity contribution is -0.142. The van der Waals surface area contributed by atoms with Crippen molar-refractivity contribution in [2.45, 2.75) is 18.9 Å². The summed E-state index contributed by atoms with van der Waals surface area (Å²) in [5.74, 6) is -0.671. The summed E-state index contributed by atoms with van der Waals surface area (Å²) < 4.78 is 6.32. The quantitative estimate of drug-likeness (QED) is 0.817. The number of carboxylic acids is 1. The van der Waals surface area contributed by atoms with Gasteiger partial charge in [0.2, 0.25) is 5.91 Å². The predicted molar refractivity (Wildman–Crippen MR) is 90.4 cm³/mol. The lowest BCUT2D eigenvalue weighted by Crippen LogP contribution is -2.39. The third kappa shape index (κ3) is 3.51. The number of benzene rings is 1. The molecular formula is C17H15BrN2O4. The summed E-state index contributed by atoms with van der Waals surface area (Å²) >= 11 is 3.39. The summed E-state index contributed by atoms with van der Waals surface area (Å²) in [6.45, 7) is 0. The number of carbonyl (C=O) groups excluding carboxylic acids is 1. The van der Waals surface area contributed by atoms with Gasteiger partial charge in [-0.05, 0) is 35.9 Å². The highest BCUT2D eigenvalue weighted by molar-refractivity contribution is 9.10. The first-order chi connectivity index (χ1) is 11.5. The van der Waals surface area contributed by atoms with Gasteiger partial charge in [-0.1, -0.05) is 28.1 Å². The topological polar surface area (TPSA) is 82.8 Å². The smallest absolute Gasteiger partial charge is 0.303 e. The van der Waals surface area contributed by atoms with Crippen LogP contribution in [0.5, 0.6) is 0 Å². The van der Waals surface area contributed by atoms with E-state index in [1.165, 1.54) is 5.01 Å². The van der Waals surface area contributed by atoms with E-state index in [1.54, 1.807) is 18.4 Å². The SMILES string of the molecule is O=C(O)CCC(=O)N1NC(c2ccco2)=C[C@H]1c1ccc(Br)cc1. The van der Waals surface area contributed by atoms with Gasteiger partial charge in [0, 0.05) is 10.9 Å². The molecule has 2 N–H and O–H groups in total. The molecule has 0 bridgehead atoms. The number of aliphatic carboxylic acids is 1. The molecule has 2 heterocycles. The zero-order chi connectivity index (χ0) is 17.1. The van der Waals surface area contributed by atoms with E-state index in [0.29, 0.717) is 11.5 Å². The van der Waals surface area contributed by atoms with Gasteiger partial charge in [0.25, 0.3) is 0 Å². The number of carbonyl (C=O) groups is 2. The zero-order valence-corrected chi connectivity index (χ0v) is 14.2. The van der Waals surface area contributed by atoms with Crippen molar-refractivity contribution in [2.24, 2.45) is 0 Å². The van der Waals surface area contributed by atoms with Crippen LogP contribution >= 0.6 is 15.9 Å². The average molecular weight is 391 g/mol. The Morgan fingerprint density at radius 2 is 1.96 bits per heavy atom. The van der Waals surface area contributed by atoms with Crippen LogP contribution in [0.15, 0.2) is 57.6 Å². The Labute approximate surface area is 146 Å². The van der Waals surface area contributed by atoms with Crippen LogP contribution in [0, 0.1) is 0 Å². The summed E-state index contributed by atoms with van der Waals surface area (Å²) in [7, 11) is 0. The maximum Gasteiger partial charge on any atom is 0.303 e. The minimum atomic E-state index is -0.998. The van der Waals surface area contributed by atoms with Crippen molar-refractivity contribution in [1.82, 2.24) is 10.4 Å². The lowest BCUT2D eigenvalue weighted by Gasteiger charge is -2.25. The van der Waals surface area contributed by atoms with Crippen LogP contribution in [-0.4, -0.2) is 22.0 Å². The number of carboxylic acid groups (broad SMARTS) is 1. The largest absolute Gasteiger partial charge is 0.481 e. The van der Waals surface area contributed by atoms with Gasteiger partial charge in [-0.3, -0.25) is 15.0 Å². The molecule has 0 unspecified atom stereocenters. The lowest BCUT2D eigenvalue weighted by atomic mass is 10.1. The van der Waals surface area contributed by atoms with Crippen LogP contribution in [0.2, 0.25) is 0 Å². The maximum atomic E-state index is 12.4. The van der Waals surface area contributed by atoms with Gasteiger partial charge >= 0.3 is 5.97 Å². The number of hydrogen-bond acceptors (Lipinski definition) is 4. The number of furan rings is 1. The highest BCUT2D eigenvalue weighted by atomic mass is 79.9. The van der Waals surface area contributed by atoms with Crippen molar-refractivity contribution < 1.29 is 19.1 Å². The summed E-state index contributed by atoms with van der Waals surface area (Å²) in [6.07, 6.45) is 3.16. The molecule has 1 aromatic carbocycles. The van der Waals surface area contributed by atoms with Crippen LogP contribution < -0.4 is 5.43 Å². The first-order valence-corrected chi connectivity index (χ1v) is 8.15. The minimum absolute atomic E-state index is 0.0748. The Morgan fingerprint density at radius 3 is 2.58 bits per heavy atom. The Kier molecular flexibility index (Phi) is 4.71. The molecule has 1 aliphatic rings. The Bertz CT molecular complexity index is 768. The van der Waals surface area contributed by atoms with E-state index in [2.05, 4.69) is 21.4 Å². The van der Waals surface area contributed by atoms with Crippen molar-refractivity contribution in [1.29, 1.82) is 0 Å². The molecule has 3 rings (SSSR count). The van der Waals surface area contributed by atoms with Gasteiger partial charge in [-0.15, -0.1) is 0 Å². The fourth-order valence-electron chi connectivity index (χ4n) is 2.50. The van der Waals surface area contributed by atoms with Crippen molar-refractivity contribution in [3.63, 3.8) is 0 Å². The van der Waals surface area contributed by atoms with Crippen LogP contribution in [0.1, 0.15) is 30.2 Å². The minimum Gasteiger partial charge on any atom is -0.481 e. The molecule has 1 aromatic heterocycles. The van der Waals surface area contributed by atoms with E-state index in [0.717, 1.165) is 10.0 Å². The van der Waals surface area contributed by atoms with Crippen LogP contribution in [-0.2, 0) is 9.59 Å². The van der Waals surface area contributed by atoms with Crippen molar-refractivity contribution >= 4 is 33.5 Å². The Balaban J connectivity index is 1.87. The molecule has 0 saturated carbocycles. The van der Waals surface area contributed by atoms with Crippen molar-refractivity contribution in [3.05, 3.63) is 64.5 Å². The molecule has 1 atom stereocenters. The fourth-order valence-corrected chi connectivity index (χ4v) is 2.76. The van der Waals surface area contributed by atoms with E-state index in [1.807, 2.05) is 30.3 Å². The van der Waals surface area contributed by atoms with E-state index in [4.69, 9.17) is 9.52 Å². The zero-order valence-electron chi connectivity index (χ0n) is 12.6. The summed E-state index contributed by atoms with van der Waals surface area (Å²) in [6, 6.07) is 10.8. The van der Waals surface area contributed by atoms with E-state index in [9.17, 15) is 9.59 Å². The molecule has 1 amide bonds.